The summed E-state index contributed by atoms with van der Waals surface area (Å²) >= 11 is 0. The molecule has 20 heavy (non-hydrogen) atoms. The normalized spacial score (nSPS) is 10.3. The van der Waals surface area contributed by atoms with Gasteiger partial charge in [0, 0.05) is 5.56 Å². The van der Waals surface area contributed by atoms with Gasteiger partial charge in [-0.1, -0.05) is 45.9 Å². The molecule has 0 atom stereocenters. The van der Waals surface area contributed by atoms with Gasteiger partial charge >= 0.3 is 0 Å². The molecule has 3 heteroatoms. The molecule has 0 N–H and O–H groups in total. The maximum absolute atomic E-state index is 11.7. The summed E-state index contributed by atoms with van der Waals surface area (Å²) in [5.74, 6) is 1.08. The van der Waals surface area contributed by atoms with E-state index in [1.165, 1.54) is 32.1 Å². The van der Waals surface area contributed by atoms with Crippen molar-refractivity contribution in [1.29, 1.82) is 0 Å². The van der Waals surface area contributed by atoms with Crippen LogP contribution in [0.5, 0.6) is 5.75 Å². The largest absolute Gasteiger partial charge is 0.494 e. The van der Waals surface area contributed by atoms with E-state index in [-0.39, 0.29) is 5.78 Å². The number of carbonyl (C=O) groups is 1. The minimum atomic E-state index is 0.218. The van der Waals surface area contributed by atoms with Crippen LogP contribution in [0.15, 0.2) is 24.3 Å². The molecule has 0 saturated heterocycles. The molecule has 1 rings (SSSR count). The van der Waals surface area contributed by atoms with Crippen LogP contribution in [0.4, 0.5) is 0 Å². The summed E-state index contributed by atoms with van der Waals surface area (Å²) in [6.07, 6.45) is 8.26. The smallest absolute Gasteiger partial charge is 0.155 e. The van der Waals surface area contributed by atoms with Crippen LogP contribution in [0.2, 0.25) is 13.1 Å². The Balaban J connectivity index is 2.20. The van der Waals surface area contributed by atoms with Crippen molar-refractivity contribution in [3.8, 4) is 5.75 Å². The fraction of sp³-hybridized carbons (Fsp3) is 0.588. The van der Waals surface area contributed by atoms with Crippen LogP contribution in [-0.2, 0) is 0 Å². The summed E-state index contributed by atoms with van der Waals surface area (Å²) in [5.41, 5.74) is 0.791. The van der Waals surface area contributed by atoms with Gasteiger partial charge in [0.15, 0.2) is 5.78 Å². The van der Waals surface area contributed by atoms with Gasteiger partial charge in [0.05, 0.1) is 6.61 Å². The quantitative estimate of drug-likeness (QED) is 0.337. The van der Waals surface area contributed by atoms with Gasteiger partial charge in [-0.15, -0.1) is 0 Å². The molecule has 2 nitrogen and oxygen atoms in total. The first-order chi connectivity index (χ1) is 9.77. The average molecular weight is 274 g/mol. The molecule has 0 bridgehead atoms. The Labute approximate surface area is 124 Å². The topological polar surface area (TPSA) is 26.3 Å². The average Bonchev–Trinajstić information content (AvgIpc) is 2.47. The van der Waals surface area contributed by atoms with Gasteiger partial charge in [-0.25, -0.2) is 0 Å². The molecule has 0 aliphatic carbocycles. The lowest BCUT2D eigenvalue weighted by molar-refractivity contribution is 0.101. The number of hydrogen-bond acceptors (Lipinski definition) is 2. The number of Topliss-reactive ketones (excluding diaryl/α,β-unsaturated/α-hetero) is 1. The molecule has 0 radical (unpaired) electrons. The minimum Gasteiger partial charge on any atom is -0.494 e. The highest BCUT2D eigenvalue weighted by atomic mass is 16.5. The molecule has 0 amide bonds. The zero-order chi connectivity index (χ0) is 14.6. The Morgan fingerprint density at radius 3 is 2.35 bits per heavy atom. The number of rotatable bonds is 11. The van der Waals surface area contributed by atoms with Crippen LogP contribution in [0.3, 0.4) is 0 Å². The molecule has 0 saturated carbocycles. The zero-order valence-corrected chi connectivity index (χ0v) is 13.0. The van der Waals surface area contributed by atoms with E-state index in [1.807, 2.05) is 31.1 Å². The van der Waals surface area contributed by atoms with Crippen LogP contribution in [0.25, 0.3) is 0 Å². The Morgan fingerprint density at radius 2 is 1.70 bits per heavy atom. The third-order valence-corrected chi connectivity index (χ3v) is 3.42. The number of unbranched alkanes of at least 4 members (excludes halogenated alkanes) is 5. The summed E-state index contributed by atoms with van der Waals surface area (Å²) in [5, 5.41) is 0. The number of ether oxygens (including phenoxy) is 1. The Kier molecular flexibility index (Phi) is 8.85. The summed E-state index contributed by atoms with van der Waals surface area (Å²) in [7, 11) is 0.898. The number of carbonyl (C=O) groups excluding carboxylic acids is 1. The lowest BCUT2D eigenvalue weighted by Crippen LogP contribution is -2.01. The fourth-order valence-electron chi connectivity index (χ4n) is 2.18. The van der Waals surface area contributed by atoms with Crippen LogP contribution in [0, 0.1) is 0 Å². The van der Waals surface area contributed by atoms with E-state index in [1.54, 1.807) is 0 Å². The van der Waals surface area contributed by atoms with Crippen molar-refractivity contribution in [3.05, 3.63) is 29.8 Å². The third kappa shape index (κ3) is 6.79. The van der Waals surface area contributed by atoms with Crippen molar-refractivity contribution in [1.82, 2.24) is 0 Å². The van der Waals surface area contributed by atoms with Gasteiger partial charge in [-0.3, -0.25) is 4.79 Å². The zero-order valence-electron chi connectivity index (χ0n) is 13.0. The SMILES string of the molecule is CBCC(=O)c1ccc(OCCCCCCCC)cc1. The fourth-order valence-corrected chi connectivity index (χ4v) is 2.18. The van der Waals surface area contributed by atoms with Crippen LogP contribution >= 0.6 is 0 Å². The predicted molar refractivity (Wildman–Crippen MR) is 87.5 cm³/mol. The van der Waals surface area contributed by atoms with E-state index < -0.39 is 0 Å². The Bertz CT molecular complexity index is 373. The first-order valence-corrected chi connectivity index (χ1v) is 8.04. The number of hydrogen-bond donors (Lipinski definition) is 0. The highest BCUT2D eigenvalue weighted by Crippen LogP contribution is 2.14. The molecule has 1 aromatic carbocycles. The maximum Gasteiger partial charge on any atom is 0.155 e. The molecule has 0 aromatic heterocycles. The number of benzene rings is 1. The van der Waals surface area contributed by atoms with Crippen molar-refractivity contribution in [2.24, 2.45) is 0 Å². The molecule has 0 aliphatic heterocycles. The summed E-state index contributed by atoms with van der Waals surface area (Å²) in [6, 6.07) is 7.54. The summed E-state index contributed by atoms with van der Waals surface area (Å²) in [6.45, 7) is 5.03. The lowest BCUT2D eigenvalue weighted by Gasteiger charge is -2.07. The summed E-state index contributed by atoms with van der Waals surface area (Å²) < 4.78 is 5.70. The van der Waals surface area contributed by atoms with E-state index >= 15 is 0 Å². The van der Waals surface area contributed by atoms with Crippen LogP contribution < -0.4 is 4.74 Å². The molecule has 0 spiro atoms. The second kappa shape index (κ2) is 10.5. The van der Waals surface area contributed by atoms with E-state index in [4.69, 9.17) is 4.74 Å². The highest BCUT2D eigenvalue weighted by Gasteiger charge is 2.04. The molecule has 0 aliphatic rings. The molecule has 1 aromatic rings. The molecular weight excluding hydrogens is 247 g/mol. The van der Waals surface area contributed by atoms with Gasteiger partial charge in [-0.2, -0.15) is 0 Å². The monoisotopic (exact) mass is 274 g/mol. The maximum atomic E-state index is 11.7. The Morgan fingerprint density at radius 1 is 1.05 bits per heavy atom. The van der Waals surface area contributed by atoms with Crippen molar-refractivity contribution in [2.75, 3.05) is 6.61 Å². The van der Waals surface area contributed by atoms with Crippen molar-refractivity contribution in [3.63, 3.8) is 0 Å². The third-order valence-electron chi connectivity index (χ3n) is 3.42. The first-order valence-electron chi connectivity index (χ1n) is 8.04. The van der Waals surface area contributed by atoms with E-state index in [0.29, 0.717) is 6.32 Å². The highest BCUT2D eigenvalue weighted by molar-refractivity contribution is 6.41. The molecular formula is C17H27BO2. The first kappa shape index (κ1) is 16.8. The van der Waals surface area contributed by atoms with Crippen LogP contribution in [0.1, 0.15) is 55.8 Å². The standard InChI is InChI=1S/C17H27BO2/c1-3-4-5-6-7-8-13-20-16-11-9-15(10-12-16)17(19)14-18-2/h9-12,18H,3-8,13-14H2,1-2H3. The molecule has 110 valence electrons. The van der Waals surface area contributed by atoms with Gasteiger partial charge < -0.3 is 4.74 Å². The van der Waals surface area contributed by atoms with Crippen molar-refractivity contribution in [2.45, 2.75) is 58.6 Å². The van der Waals surface area contributed by atoms with Gasteiger partial charge in [0.1, 0.15) is 13.0 Å². The molecule has 0 unspecified atom stereocenters. The van der Waals surface area contributed by atoms with Gasteiger partial charge in [0.2, 0.25) is 0 Å². The van der Waals surface area contributed by atoms with Gasteiger partial charge in [0.25, 0.3) is 0 Å². The van der Waals surface area contributed by atoms with E-state index in [0.717, 1.165) is 31.6 Å². The Hall–Kier alpha value is -1.25. The number of ketones is 1. The van der Waals surface area contributed by atoms with Crippen LogP contribution in [-0.4, -0.2) is 19.7 Å². The molecule has 0 fully saturated rings. The van der Waals surface area contributed by atoms with E-state index in [9.17, 15) is 4.79 Å². The second-order valence-electron chi connectivity index (χ2n) is 5.31. The van der Waals surface area contributed by atoms with E-state index in [2.05, 4.69) is 6.92 Å². The summed E-state index contributed by atoms with van der Waals surface area (Å²) in [4.78, 5) is 11.7. The van der Waals surface area contributed by atoms with Crippen molar-refractivity contribution < 1.29 is 9.53 Å². The minimum absolute atomic E-state index is 0.218. The molecule has 0 heterocycles. The van der Waals surface area contributed by atoms with Gasteiger partial charge in [-0.05, 0) is 37.0 Å². The van der Waals surface area contributed by atoms with Crippen molar-refractivity contribution >= 4 is 13.1 Å². The lowest BCUT2D eigenvalue weighted by atomic mass is 9.75. The second-order valence-corrected chi connectivity index (χ2v) is 5.31. The predicted octanol–water partition coefficient (Wildman–Crippen LogP) is 4.51.